The van der Waals surface area contributed by atoms with E-state index in [-0.39, 0.29) is 12.5 Å². The fourth-order valence-electron chi connectivity index (χ4n) is 2.52. The van der Waals surface area contributed by atoms with Gasteiger partial charge < -0.3 is 14.2 Å². The highest BCUT2D eigenvalue weighted by molar-refractivity contribution is 7.13. The second-order valence-electron chi connectivity index (χ2n) is 5.81. The van der Waals surface area contributed by atoms with Gasteiger partial charge in [0.15, 0.2) is 6.10 Å². The minimum atomic E-state index is -0.592. The molecule has 142 valence electrons. The van der Waals surface area contributed by atoms with Crippen molar-refractivity contribution < 1.29 is 14.1 Å². The van der Waals surface area contributed by atoms with Crippen LogP contribution in [0.1, 0.15) is 26.2 Å². The Morgan fingerprint density at radius 3 is 2.70 bits per heavy atom. The van der Waals surface area contributed by atoms with Crippen molar-refractivity contribution in [1.29, 1.82) is 0 Å². The molecule has 8 heteroatoms. The van der Waals surface area contributed by atoms with Crippen LogP contribution < -0.4 is 4.74 Å². The third-order valence-corrected chi connectivity index (χ3v) is 5.09. The van der Waals surface area contributed by atoms with Crippen molar-refractivity contribution in [2.75, 3.05) is 6.54 Å². The number of halogens is 1. The van der Waals surface area contributed by atoms with Crippen LogP contribution in [0, 0.1) is 0 Å². The van der Waals surface area contributed by atoms with Crippen molar-refractivity contribution in [3.8, 4) is 16.5 Å². The monoisotopic (exact) mass is 405 g/mol. The fourth-order valence-corrected chi connectivity index (χ4v) is 3.30. The third kappa shape index (κ3) is 4.87. The molecule has 1 aromatic carbocycles. The minimum Gasteiger partial charge on any atom is -0.481 e. The predicted octanol–water partition coefficient (Wildman–Crippen LogP) is 4.66. The van der Waals surface area contributed by atoms with E-state index in [1.54, 1.807) is 29.2 Å². The summed E-state index contributed by atoms with van der Waals surface area (Å²) in [6, 6.07) is 10.8. The number of rotatable bonds is 8. The summed E-state index contributed by atoms with van der Waals surface area (Å²) in [6.07, 6.45) is -0.0480. The molecule has 27 heavy (non-hydrogen) atoms. The van der Waals surface area contributed by atoms with E-state index in [1.165, 1.54) is 11.3 Å². The van der Waals surface area contributed by atoms with Gasteiger partial charge in [0, 0.05) is 11.6 Å². The molecule has 0 N–H and O–H groups in total. The van der Waals surface area contributed by atoms with Gasteiger partial charge in [-0.1, -0.05) is 29.7 Å². The standard InChI is InChI=1S/C19H20ClN3O3S/c1-3-15(25-14-9-7-13(20)8-10-14)19(24)23(4-2)12-17-21-18(22-26-17)16-6-5-11-27-16/h5-11,15H,3-4,12H2,1-2H3/t15-/m1/s1. The first-order valence-corrected chi connectivity index (χ1v) is 9.94. The van der Waals surface area contributed by atoms with E-state index in [9.17, 15) is 4.79 Å². The van der Waals surface area contributed by atoms with Crippen LogP contribution >= 0.6 is 22.9 Å². The topological polar surface area (TPSA) is 68.5 Å². The Bertz CT molecular complexity index is 865. The zero-order valence-corrected chi connectivity index (χ0v) is 16.7. The third-order valence-electron chi connectivity index (χ3n) is 3.97. The molecule has 2 heterocycles. The van der Waals surface area contributed by atoms with Crippen molar-refractivity contribution >= 4 is 28.8 Å². The highest BCUT2D eigenvalue weighted by Gasteiger charge is 2.25. The van der Waals surface area contributed by atoms with Crippen LogP contribution in [-0.4, -0.2) is 33.6 Å². The molecule has 1 amide bonds. The van der Waals surface area contributed by atoms with Crippen LogP contribution in [0.15, 0.2) is 46.3 Å². The lowest BCUT2D eigenvalue weighted by Crippen LogP contribution is -2.41. The summed E-state index contributed by atoms with van der Waals surface area (Å²) in [7, 11) is 0. The molecular formula is C19H20ClN3O3S. The summed E-state index contributed by atoms with van der Waals surface area (Å²) >= 11 is 7.43. The average molecular weight is 406 g/mol. The Morgan fingerprint density at radius 1 is 1.30 bits per heavy atom. The summed E-state index contributed by atoms with van der Waals surface area (Å²) in [5.74, 6) is 1.42. The van der Waals surface area contributed by atoms with Crippen LogP contribution in [0.3, 0.4) is 0 Å². The smallest absolute Gasteiger partial charge is 0.264 e. The number of nitrogens with zero attached hydrogens (tertiary/aromatic N) is 3. The largest absolute Gasteiger partial charge is 0.481 e. The summed E-state index contributed by atoms with van der Waals surface area (Å²) in [5.41, 5.74) is 0. The Labute approximate surface area is 166 Å². The molecule has 3 rings (SSSR count). The normalized spacial score (nSPS) is 12.0. The number of likely N-dealkylation sites (N-methyl/N-ethyl adjacent to an activating group) is 1. The quantitative estimate of drug-likeness (QED) is 0.545. The van der Waals surface area contributed by atoms with Gasteiger partial charge in [-0.05, 0) is 49.1 Å². The molecule has 0 aliphatic heterocycles. The average Bonchev–Trinajstić information content (AvgIpc) is 3.36. The van der Waals surface area contributed by atoms with E-state index in [2.05, 4.69) is 10.1 Å². The Morgan fingerprint density at radius 2 is 2.07 bits per heavy atom. The van der Waals surface area contributed by atoms with Crippen LogP contribution in [0.4, 0.5) is 0 Å². The van der Waals surface area contributed by atoms with Crippen LogP contribution in [0.2, 0.25) is 5.02 Å². The highest BCUT2D eigenvalue weighted by atomic mass is 35.5. The van der Waals surface area contributed by atoms with E-state index >= 15 is 0 Å². The molecule has 0 aliphatic carbocycles. The Hall–Kier alpha value is -2.38. The van der Waals surface area contributed by atoms with Gasteiger partial charge in [0.05, 0.1) is 4.88 Å². The maximum atomic E-state index is 12.9. The first kappa shape index (κ1) is 19.4. The molecule has 6 nitrogen and oxygen atoms in total. The van der Waals surface area contributed by atoms with Crippen LogP contribution in [0.25, 0.3) is 10.7 Å². The van der Waals surface area contributed by atoms with Gasteiger partial charge in [-0.15, -0.1) is 11.3 Å². The van der Waals surface area contributed by atoms with Gasteiger partial charge in [-0.25, -0.2) is 0 Å². The fraction of sp³-hybridized carbons (Fsp3) is 0.316. The number of ether oxygens (including phenoxy) is 1. The van der Waals surface area contributed by atoms with Crippen molar-refractivity contribution in [2.45, 2.75) is 32.9 Å². The number of hydrogen-bond donors (Lipinski definition) is 0. The number of amides is 1. The second-order valence-corrected chi connectivity index (χ2v) is 7.19. The number of carbonyl (C=O) groups excluding carboxylic acids is 1. The molecule has 1 atom stereocenters. The Kier molecular flexibility index (Phi) is 6.47. The molecule has 0 unspecified atom stereocenters. The minimum absolute atomic E-state index is 0.120. The van der Waals surface area contributed by atoms with Crippen molar-refractivity contribution in [2.24, 2.45) is 0 Å². The maximum absolute atomic E-state index is 12.9. The molecular weight excluding hydrogens is 386 g/mol. The summed E-state index contributed by atoms with van der Waals surface area (Å²) in [6.45, 7) is 4.57. The van der Waals surface area contributed by atoms with Crippen LogP contribution in [-0.2, 0) is 11.3 Å². The molecule has 0 bridgehead atoms. The van der Waals surface area contributed by atoms with Crippen molar-refractivity contribution in [3.63, 3.8) is 0 Å². The number of hydrogen-bond acceptors (Lipinski definition) is 6. The van der Waals surface area contributed by atoms with Crippen molar-refractivity contribution in [1.82, 2.24) is 15.0 Å². The SMILES string of the molecule is CC[C@@H](Oc1ccc(Cl)cc1)C(=O)N(CC)Cc1nc(-c2cccs2)no1. The van der Waals surface area contributed by atoms with E-state index in [0.29, 0.717) is 35.5 Å². The first-order chi connectivity index (χ1) is 13.1. The molecule has 0 saturated heterocycles. The summed E-state index contributed by atoms with van der Waals surface area (Å²) in [5, 5.41) is 6.56. The van der Waals surface area contributed by atoms with Gasteiger partial charge in [0.2, 0.25) is 11.7 Å². The van der Waals surface area contributed by atoms with Gasteiger partial charge in [0.1, 0.15) is 12.3 Å². The van der Waals surface area contributed by atoms with E-state index in [4.69, 9.17) is 20.9 Å². The van der Waals surface area contributed by atoms with E-state index in [0.717, 1.165) is 4.88 Å². The molecule has 3 aromatic rings. The predicted molar refractivity (Wildman–Crippen MR) is 105 cm³/mol. The molecule has 0 aliphatic rings. The van der Waals surface area contributed by atoms with Gasteiger partial charge in [-0.2, -0.15) is 4.98 Å². The number of aromatic nitrogens is 2. The molecule has 0 radical (unpaired) electrons. The second kappa shape index (κ2) is 9.01. The highest BCUT2D eigenvalue weighted by Crippen LogP contribution is 2.22. The molecule has 2 aromatic heterocycles. The lowest BCUT2D eigenvalue weighted by molar-refractivity contribution is -0.139. The Balaban J connectivity index is 1.67. The maximum Gasteiger partial charge on any atom is 0.264 e. The van der Waals surface area contributed by atoms with Crippen molar-refractivity contribution in [3.05, 3.63) is 52.7 Å². The van der Waals surface area contributed by atoms with E-state index in [1.807, 2.05) is 31.4 Å². The summed E-state index contributed by atoms with van der Waals surface area (Å²) < 4.78 is 11.2. The zero-order valence-electron chi connectivity index (χ0n) is 15.1. The molecule has 0 fully saturated rings. The number of carbonyl (C=O) groups is 1. The number of thiophene rings is 1. The lowest BCUT2D eigenvalue weighted by Gasteiger charge is -2.25. The van der Waals surface area contributed by atoms with Gasteiger partial charge in [-0.3, -0.25) is 4.79 Å². The lowest BCUT2D eigenvalue weighted by atomic mass is 10.2. The van der Waals surface area contributed by atoms with Gasteiger partial charge in [0.25, 0.3) is 5.91 Å². The number of benzene rings is 1. The van der Waals surface area contributed by atoms with E-state index < -0.39 is 6.10 Å². The molecule has 0 saturated carbocycles. The summed E-state index contributed by atoms with van der Waals surface area (Å²) in [4.78, 5) is 19.9. The van der Waals surface area contributed by atoms with Gasteiger partial charge >= 0.3 is 0 Å². The zero-order chi connectivity index (χ0) is 19.2. The first-order valence-electron chi connectivity index (χ1n) is 8.68. The van der Waals surface area contributed by atoms with Crippen LogP contribution in [0.5, 0.6) is 5.75 Å². The molecule has 0 spiro atoms.